The molecule has 0 aliphatic rings. The topological polar surface area (TPSA) is 8.81 Å². The molecule has 2 aromatic carbocycles. The number of unbranched alkanes of at least 4 members (excludes halogenated alkanes) is 13. The summed E-state index contributed by atoms with van der Waals surface area (Å²) in [5.41, 5.74) is 2.90. The average molecular weight is 544 g/mol. The normalized spacial score (nSPS) is 13.8. The van der Waals surface area contributed by atoms with Crippen molar-refractivity contribution in [2.45, 2.75) is 148 Å². The highest BCUT2D eigenvalue weighted by atomic mass is 15.1. The maximum absolute atomic E-state index is 2.56. The van der Waals surface area contributed by atoms with Crippen molar-refractivity contribution in [2.75, 3.05) is 0 Å². The number of benzene rings is 2. The van der Waals surface area contributed by atoms with Crippen LogP contribution in [-0.2, 0) is 18.4 Å². The molecule has 2 unspecified atom stereocenters. The summed E-state index contributed by atoms with van der Waals surface area (Å²) in [5, 5.41) is 0. The number of imidazole rings is 1. The fourth-order valence-corrected chi connectivity index (χ4v) is 6.50. The first-order chi connectivity index (χ1) is 19.7. The third-order valence-corrected chi connectivity index (χ3v) is 9.01. The van der Waals surface area contributed by atoms with Crippen molar-refractivity contribution in [1.29, 1.82) is 0 Å². The smallest absolute Gasteiger partial charge is 0.237 e. The Morgan fingerprint density at radius 3 is 1.77 bits per heavy atom. The van der Waals surface area contributed by atoms with Crippen molar-refractivity contribution in [1.82, 2.24) is 4.57 Å². The van der Waals surface area contributed by atoms with Gasteiger partial charge in [0.15, 0.2) is 0 Å². The Hall–Kier alpha value is -2.35. The van der Waals surface area contributed by atoms with Crippen molar-refractivity contribution < 1.29 is 4.57 Å². The molecule has 0 spiro atoms. The number of hydrogen-bond donors (Lipinski definition) is 0. The summed E-state index contributed by atoms with van der Waals surface area (Å²) in [6, 6.07) is 22.9. The Balaban J connectivity index is 1.69. The summed E-state index contributed by atoms with van der Waals surface area (Å²) >= 11 is 0. The zero-order chi connectivity index (χ0) is 28.3. The molecule has 0 bridgehead atoms. The molecule has 2 heteroatoms. The van der Waals surface area contributed by atoms with Crippen molar-refractivity contribution in [3.8, 4) is 0 Å². The summed E-state index contributed by atoms with van der Waals surface area (Å²) in [4.78, 5) is 0. The van der Waals surface area contributed by atoms with Gasteiger partial charge in [-0.3, -0.25) is 0 Å². The molecule has 40 heavy (non-hydrogen) atoms. The Bertz CT molecular complexity index is 1010. The molecule has 3 aromatic rings. The van der Waals surface area contributed by atoms with Gasteiger partial charge in [0, 0.05) is 5.41 Å². The molecule has 0 saturated heterocycles. The Morgan fingerprint density at radius 2 is 1.18 bits per heavy atom. The van der Waals surface area contributed by atoms with E-state index in [0.717, 1.165) is 13.0 Å². The number of nitrogens with zero attached hydrogens (tertiary/aromatic N) is 2. The minimum atomic E-state index is 0.0141. The van der Waals surface area contributed by atoms with E-state index in [2.05, 4.69) is 109 Å². The highest BCUT2D eigenvalue weighted by molar-refractivity contribution is 5.30. The third-order valence-electron chi connectivity index (χ3n) is 9.01. The van der Waals surface area contributed by atoms with Crippen molar-refractivity contribution in [3.05, 3.63) is 90.5 Å². The van der Waals surface area contributed by atoms with Gasteiger partial charge in [0.25, 0.3) is 0 Å². The molecule has 0 fully saturated rings. The lowest BCUT2D eigenvalue weighted by atomic mass is 9.70. The SMILES string of the molecule is CCCCCCCCCCCCCC(n1cc[n+](CCCCCC)c1)C(C)(Cc1ccccc1)c1ccccc1. The predicted molar refractivity (Wildman–Crippen MR) is 173 cm³/mol. The molecular weight excluding hydrogens is 484 g/mol. The molecule has 0 aliphatic carbocycles. The lowest BCUT2D eigenvalue weighted by Crippen LogP contribution is -2.38. The second kappa shape index (κ2) is 18.9. The summed E-state index contributed by atoms with van der Waals surface area (Å²) in [6.07, 6.45) is 29.9. The molecular formula is C38H59N2+. The molecule has 1 aromatic heterocycles. The van der Waals surface area contributed by atoms with E-state index >= 15 is 0 Å². The maximum Gasteiger partial charge on any atom is 0.244 e. The van der Waals surface area contributed by atoms with Gasteiger partial charge in [-0.15, -0.1) is 0 Å². The van der Waals surface area contributed by atoms with Crippen LogP contribution in [0.5, 0.6) is 0 Å². The highest BCUT2D eigenvalue weighted by Gasteiger charge is 2.40. The van der Waals surface area contributed by atoms with E-state index < -0.39 is 0 Å². The van der Waals surface area contributed by atoms with Crippen LogP contribution in [0.1, 0.15) is 141 Å². The Kier molecular flexibility index (Phi) is 15.2. The summed E-state index contributed by atoms with van der Waals surface area (Å²) in [7, 11) is 0. The quantitative estimate of drug-likeness (QED) is 0.0880. The number of aryl methyl sites for hydroxylation is 1. The molecule has 0 aliphatic heterocycles. The van der Waals surface area contributed by atoms with Gasteiger partial charge < -0.3 is 0 Å². The monoisotopic (exact) mass is 543 g/mol. The largest absolute Gasteiger partial charge is 0.244 e. The summed E-state index contributed by atoms with van der Waals surface area (Å²) < 4.78 is 4.99. The van der Waals surface area contributed by atoms with Gasteiger partial charge in [-0.25, -0.2) is 9.13 Å². The van der Waals surface area contributed by atoms with Crippen LogP contribution in [0.25, 0.3) is 0 Å². The minimum absolute atomic E-state index is 0.0141. The minimum Gasteiger partial charge on any atom is -0.237 e. The summed E-state index contributed by atoms with van der Waals surface area (Å²) in [6.45, 7) is 8.24. The van der Waals surface area contributed by atoms with Gasteiger partial charge >= 0.3 is 0 Å². The predicted octanol–water partition coefficient (Wildman–Crippen LogP) is 10.8. The summed E-state index contributed by atoms with van der Waals surface area (Å²) in [5.74, 6) is 0. The fraction of sp³-hybridized carbons (Fsp3) is 0.605. The molecule has 3 rings (SSSR count). The fourth-order valence-electron chi connectivity index (χ4n) is 6.50. The van der Waals surface area contributed by atoms with Crippen LogP contribution < -0.4 is 4.57 Å². The van der Waals surface area contributed by atoms with Crippen LogP contribution in [0.2, 0.25) is 0 Å². The first-order valence-corrected chi connectivity index (χ1v) is 16.8. The molecule has 2 atom stereocenters. The van der Waals surface area contributed by atoms with Crippen LogP contribution in [0.3, 0.4) is 0 Å². The zero-order valence-electron chi connectivity index (χ0n) is 26.2. The number of rotatable bonds is 22. The lowest BCUT2D eigenvalue weighted by Gasteiger charge is -2.37. The van der Waals surface area contributed by atoms with E-state index in [-0.39, 0.29) is 5.41 Å². The molecule has 0 N–H and O–H groups in total. The van der Waals surface area contributed by atoms with Crippen LogP contribution in [0.4, 0.5) is 0 Å². The van der Waals surface area contributed by atoms with Gasteiger partial charge in [0.05, 0.1) is 6.54 Å². The molecule has 0 saturated carbocycles. The maximum atomic E-state index is 2.56. The van der Waals surface area contributed by atoms with Crippen molar-refractivity contribution >= 4 is 0 Å². The van der Waals surface area contributed by atoms with E-state index in [1.165, 1.54) is 114 Å². The van der Waals surface area contributed by atoms with Crippen molar-refractivity contribution in [3.63, 3.8) is 0 Å². The molecule has 220 valence electrons. The molecule has 1 heterocycles. The first-order valence-electron chi connectivity index (χ1n) is 16.8. The van der Waals surface area contributed by atoms with Crippen LogP contribution >= 0.6 is 0 Å². The second-order valence-electron chi connectivity index (χ2n) is 12.4. The van der Waals surface area contributed by atoms with Gasteiger partial charge in [-0.05, 0) is 43.2 Å². The van der Waals surface area contributed by atoms with E-state index in [0.29, 0.717) is 6.04 Å². The van der Waals surface area contributed by atoms with Crippen LogP contribution in [0, 0.1) is 0 Å². The highest BCUT2D eigenvalue weighted by Crippen LogP contribution is 2.41. The lowest BCUT2D eigenvalue weighted by molar-refractivity contribution is -0.697. The number of hydrogen-bond acceptors (Lipinski definition) is 0. The van der Waals surface area contributed by atoms with Gasteiger partial charge in [-0.2, -0.15) is 0 Å². The Labute approximate surface area is 247 Å². The van der Waals surface area contributed by atoms with Crippen LogP contribution in [0.15, 0.2) is 79.4 Å². The molecule has 2 nitrogen and oxygen atoms in total. The van der Waals surface area contributed by atoms with E-state index in [9.17, 15) is 0 Å². The van der Waals surface area contributed by atoms with E-state index in [4.69, 9.17) is 0 Å². The van der Waals surface area contributed by atoms with E-state index in [1.807, 2.05) is 0 Å². The standard InChI is InChI=1S/C38H59N2/c1-4-6-8-10-11-12-13-14-15-16-23-29-37(40-32-31-39(34-40)30-24-9-7-5-2)38(3,36-27-21-18-22-28-36)33-35-25-19-17-20-26-35/h17-22,25-28,31-32,34,37H,4-16,23-24,29-30,33H2,1-3H3/q+1. The van der Waals surface area contributed by atoms with Gasteiger partial charge in [-0.1, -0.05) is 158 Å². The van der Waals surface area contributed by atoms with Crippen LogP contribution in [-0.4, -0.2) is 4.57 Å². The third kappa shape index (κ3) is 10.9. The zero-order valence-corrected chi connectivity index (χ0v) is 26.2. The molecule has 0 radical (unpaired) electrons. The average Bonchev–Trinajstić information content (AvgIpc) is 3.45. The molecule has 0 amide bonds. The second-order valence-corrected chi connectivity index (χ2v) is 12.4. The Morgan fingerprint density at radius 1 is 0.650 bits per heavy atom. The first kappa shape index (κ1) is 32.2. The van der Waals surface area contributed by atoms with Gasteiger partial charge in [0.1, 0.15) is 18.4 Å². The van der Waals surface area contributed by atoms with E-state index in [1.54, 1.807) is 0 Å². The van der Waals surface area contributed by atoms with Crippen molar-refractivity contribution in [2.24, 2.45) is 0 Å². The van der Waals surface area contributed by atoms with Gasteiger partial charge in [0.2, 0.25) is 6.33 Å². The number of aromatic nitrogens is 2.